The highest BCUT2D eigenvalue weighted by Gasteiger charge is 2.09. The maximum Gasteiger partial charge on any atom is 0.191 e. The summed E-state index contributed by atoms with van der Waals surface area (Å²) in [6.07, 6.45) is 1.80. The van der Waals surface area contributed by atoms with Gasteiger partial charge in [0.25, 0.3) is 0 Å². The number of aryl methyl sites for hydroxylation is 2. The minimum Gasteiger partial charge on any atom is -0.309 e. The van der Waals surface area contributed by atoms with E-state index in [0.717, 1.165) is 29.4 Å². The number of rotatable bonds is 6. The number of aromatic nitrogens is 3. The standard InChI is InChI=1S/C18H18FN3S/c1-22-17(11-10-14-6-3-2-4-7-14)20-21-18(22)23-13-15-8-5-9-16(19)12-15/h2-9,12H,10-11,13H2,1H3. The molecule has 1 aromatic heterocycles. The fourth-order valence-corrected chi connectivity index (χ4v) is 3.24. The molecule has 1 heterocycles. The largest absolute Gasteiger partial charge is 0.309 e. The Kier molecular flexibility index (Phi) is 5.08. The Morgan fingerprint density at radius 1 is 0.957 bits per heavy atom. The van der Waals surface area contributed by atoms with E-state index >= 15 is 0 Å². The van der Waals surface area contributed by atoms with E-state index in [1.807, 2.05) is 35.9 Å². The van der Waals surface area contributed by atoms with Crippen molar-refractivity contribution >= 4 is 11.8 Å². The first kappa shape index (κ1) is 15.7. The molecule has 0 aliphatic rings. The monoisotopic (exact) mass is 327 g/mol. The second-order valence-corrected chi connectivity index (χ2v) is 6.30. The van der Waals surface area contributed by atoms with Crippen molar-refractivity contribution in [1.29, 1.82) is 0 Å². The van der Waals surface area contributed by atoms with Crippen molar-refractivity contribution < 1.29 is 4.39 Å². The van der Waals surface area contributed by atoms with Gasteiger partial charge in [-0.25, -0.2) is 4.39 Å². The van der Waals surface area contributed by atoms with E-state index in [2.05, 4.69) is 22.3 Å². The second-order valence-electron chi connectivity index (χ2n) is 5.36. The summed E-state index contributed by atoms with van der Waals surface area (Å²) in [5.41, 5.74) is 2.24. The van der Waals surface area contributed by atoms with Crippen LogP contribution in [-0.2, 0) is 25.6 Å². The topological polar surface area (TPSA) is 30.7 Å². The van der Waals surface area contributed by atoms with Crippen molar-refractivity contribution in [3.63, 3.8) is 0 Å². The molecule has 2 aromatic carbocycles. The number of nitrogens with zero attached hydrogens (tertiary/aromatic N) is 3. The average Bonchev–Trinajstić information content (AvgIpc) is 2.92. The maximum absolute atomic E-state index is 13.2. The Labute approximate surface area is 139 Å². The van der Waals surface area contributed by atoms with Crippen LogP contribution in [0.3, 0.4) is 0 Å². The predicted octanol–water partition coefficient (Wildman–Crippen LogP) is 4.03. The van der Waals surface area contributed by atoms with Gasteiger partial charge in [0, 0.05) is 19.2 Å². The van der Waals surface area contributed by atoms with Crippen LogP contribution >= 0.6 is 11.8 Å². The van der Waals surface area contributed by atoms with Gasteiger partial charge in [-0.05, 0) is 29.7 Å². The molecule has 0 fully saturated rings. The average molecular weight is 327 g/mol. The maximum atomic E-state index is 13.2. The van der Waals surface area contributed by atoms with Gasteiger partial charge < -0.3 is 4.57 Å². The second kappa shape index (κ2) is 7.42. The van der Waals surface area contributed by atoms with E-state index in [0.29, 0.717) is 5.75 Å². The van der Waals surface area contributed by atoms with E-state index in [-0.39, 0.29) is 5.82 Å². The lowest BCUT2D eigenvalue weighted by atomic mass is 10.1. The van der Waals surface area contributed by atoms with E-state index in [4.69, 9.17) is 0 Å². The van der Waals surface area contributed by atoms with Crippen LogP contribution in [0.25, 0.3) is 0 Å². The summed E-state index contributed by atoms with van der Waals surface area (Å²) in [5.74, 6) is 1.45. The summed E-state index contributed by atoms with van der Waals surface area (Å²) in [7, 11) is 1.98. The van der Waals surface area contributed by atoms with Gasteiger partial charge in [0.15, 0.2) is 5.16 Å². The van der Waals surface area contributed by atoms with Crippen LogP contribution in [0.2, 0.25) is 0 Å². The Balaban J connectivity index is 1.60. The molecule has 23 heavy (non-hydrogen) atoms. The predicted molar refractivity (Wildman–Crippen MR) is 90.8 cm³/mol. The summed E-state index contributed by atoms with van der Waals surface area (Å²) in [4.78, 5) is 0. The van der Waals surface area contributed by atoms with Crippen molar-refractivity contribution in [3.8, 4) is 0 Å². The summed E-state index contributed by atoms with van der Waals surface area (Å²) < 4.78 is 15.2. The Hall–Kier alpha value is -2.14. The van der Waals surface area contributed by atoms with Crippen LogP contribution in [0, 0.1) is 5.82 Å². The van der Waals surface area contributed by atoms with Gasteiger partial charge in [-0.2, -0.15) is 0 Å². The first-order valence-electron chi connectivity index (χ1n) is 7.52. The minimum atomic E-state index is -0.204. The highest BCUT2D eigenvalue weighted by molar-refractivity contribution is 7.98. The Bertz CT molecular complexity index is 771. The molecule has 3 aromatic rings. The highest BCUT2D eigenvalue weighted by atomic mass is 32.2. The number of halogens is 1. The lowest BCUT2D eigenvalue weighted by Gasteiger charge is -2.04. The molecule has 118 valence electrons. The van der Waals surface area contributed by atoms with Gasteiger partial charge in [0.2, 0.25) is 0 Å². The number of thioether (sulfide) groups is 1. The molecule has 0 radical (unpaired) electrons. The van der Waals surface area contributed by atoms with Crippen molar-refractivity contribution in [2.75, 3.05) is 0 Å². The van der Waals surface area contributed by atoms with E-state index in [1.165, 1.54) is 11.6 Å². The molecule has 0 aliphatic carbocycles. The van der Waals surface area contributed by atoms with Crippen molar-refractivity contribution in [2.45, 2.75) is 23.8 Å². The molecule has 0 aliphatic heterocycles. The normalized spacial score (nSPS) is 10.9. The van der Waals surface area contributed by atoms with Crippen LogP contribution in [0.15, 0.2) is 59.8 Å². The van der Waals surface area contributed by atoms with Gasteiger partial charge in [-0.1, -0.05) is 54.2 Å². The molecule has 0 amide bonds. The first-order chi connectivity index (χ1) is 11.2. The lowest BCUT2D eigenvalue weighted by molar-refractivity contribution is 0.626. The molecule has 0 unspecified atom stereocenters. The molecule has 0 atom stereocenters. The van der Waals surface area contributed by atoms with Crippen LogP contribution in [0.5, 0.6) is 0 Å². The van der Waals surface area contributed by atoms with Crippen LogP contribution < -0.4 is 0 Å². The molecule has 0 saturated carbocycles. The van der Waals surface area contributed by atoms with Gasteiger partial charge in [0.05, 0.1) is 0 Å². The molecule has 3 nitrogen and oxygen atoms in total. The van der Waals surface area contributed by atoms with Gasteiger partial charge >= 0.3 is 0 Å². The number of hydrogen-bond acceptors (Lipinski definition) is 3. The molecule has 0 N–H and O–H groups in total. The van der Waals surface area contributed by atoms with E-state index in [9.17, 15) is 4.39 Å². The van der Waals surface area contributed by atoms with Crippen molar-refractivity contribution in [1.82, 2.24) is 14.8 Å². The number of hydrogen-bond donors (Lipinski definition) is 0. The highest BCUT2D eigenvalue weighted by Crippen LogP contribution is 2.21. The Morgan fingerprint density at radius 2 is 1.74 bits per heavy atom. The quantitative estimate of drug-likeness (QED) is 0.640. The van der Waals surface area contributed by atoms with Crippen molar-refractivity contribution in [3.05, 3.63) is 77.4 Å². The Morgan fingerprint density at radius 3 is 2.52 bits per heavy atom. The zero-order chi connectivity index (χ0) is 16.1. The fraction of sp³-hybridized carbons (Fsp3) is 0.222. The molecule has 5 heteroatoms. The third kappa shape index (κ3) is 4.20. The summed E-state index contributed by atoms with van der Waals surface area (Å²) in [5, 5.41) is 9.38. The van der Waals surface area contributed by atoms with Gasteiger partial charge in [-0.3, -0.25) is 0 Å². The van der Waals surface area contributed by atoms with Crippen molar-refractivity contribution in [2.24, 2.45) is 7.05 Å². The third-order valence-corrected chi connectivity index (χ3v) is 4.75. The SMILES string of the molecule is Cn1c(CCc2ccccc2)nnc1SCc1cccc(F)c1. The summed E-state index contributed by atoms with van der Waals surface area (Å²) in [6, 6.07) is 17.0. The zero-order valence-corrected chi connectivity index (χ0v) is 13.8. The smallest absolute Gasteiger partial charge is 0.191 e. The molecule has 3 rings (SSSR count). The summed E-state index contributed by atoms with van der Waals surface area (Å²) >= 11 is 1.57. The fourth-order valence-electron chi connectivity index (χ4n) is 2.36. The van der Waals surface area contributed by atoms with Gasteiger partial charge in [-0.15, -0.1) is 10.2 Å². The molecule has 0 saturated heterocycles. The molecular weight excluding hydrogens is 309 g/mol. The van der Waals surface area contributed by atoms with E-state index < -0.39 is 0 Å². The number of benzene rings is 2. The van der Waals surface area contributed by atoms with Crippen LogP contribution in [0.4, 0.5) is 4.39 Å². The summed E-state index contributed by atoms with van der Waals surface area (Å²) in [6.45, 7) is 0. The first-order valence-corrected chi connectivity index (χ1v) is 8.50. The van der Waals surface area contributed by atoms with E-state index in [1.54, 1.807) is 23.9 Å². The van der Waals surface area contributed by atoms with Crippen LogP contribution in [0.1, 0.15) is 17.0 Å². The lowest BCUT2D eigenvalue weighted by Crippen LogP contribution is -2.01. The minimum absolute atomic E-state index is 0.204. The molecule has 0 spiro atoms. The van der Waals surface area contributed by atoms with Crippen LogP contribution in [-0.4, -0.2) is 14.8 Å². The zero-order valence-electron chi connectivity index (χ0n) is 12.9. The van der Waals surface area contributed by atoms with Gasteiger partial charge in [0.1, 0.15) is 11.6 Å². The molecular formula is C18H18FN3S. The molecule has 0 bridgehead atoms. The third-order valence-electron chi connectivity index (χ3n) is 3.66.